The molecule has 3 aromatic carbocycles. The summed E-state index contributed by atoms with van der Waals surface area (Å²) in [4.78, 5) is 24.2. The molecule has 156 valence electrons. The van der Waals surface area contributed by atoms with E-state index in [1.54, 1.807) is 30.3 Å². The number of halogens is 2. The molecule has 0 radical (unpaired) electrons. The van der Waals surface area contributed by atoms with Crippen molar-refractivity contribution in [3.05, 3.63) is 69.1 Å². The zero-order valence-electron chi connectivity index (χ0n) is 16.4. The minimum absolute atomic E-state index is 0.0495. The molecule has 6 nitrogen and oxygen atoms in total. The highest BCUT2D eigenvalue weighted by Gasteiger charge is 2.11. The lowest BCUT2D eigenvalue weighted by atomic mass is 10.1. The maximum Gasteiger partial charge on any atom is 0.276 e. The summed E-state index contributed by atoms with van der Waals surface area (Å²) in [7, 11) is 0. The van der Waals surface area contributed by atoms with E-state index in [9.17, 15) is 9.59 Å². The summed E-state index contributed by atoms with van der Waals surface area (Å²) in [5, 5.41) is 2.00. The van der Waals surface area contributed by atoms with Crippen molar-refractivity contribution in [2.24, 2.45) is 0 Å². The molecule has 8 heteroatoms. The van der Waals surface area contributed by atoms with Crippen LogP contribution >= 0.6 is 31.9 Å². The second kappa shape index (κ2) is 9.95. The third-order valence-electron chi connectivity index (χ3n) is 4.04. The lowest BCUT2D eigenvalue weighted by Crippen LogP contribution is -2.43. The molecular weight excluding hydrogens is 516 g/mol. The lowest BCUT2D eigenvalue weighted by molar-refractivity contribution is -0.123. The molecule has 0 spiro atoms. The normalized spacial score (nSPS) is 10.7. The van der Waals surface area contributed by atoms with Gasteiger partial charge in [-0.3, -0.25) is 20.4 Å². The number of amides is 2. The minimum atomic E-state index is -0.481. The summed E-state index contributed by atoms with van der Waals surface area (Å²) in [6.45, 7) is 3.60. The molecule has 0 atom stereocenters. The van der Waals surface area contributed by atoms with Gasteiger partial charge in [0.25, 0.3) is 11.8 Å². The zero-order valence-corrected chi connectivity index (χ0v) is 19.5. The summed E-state index contributed by atoms with van der Waals surface area (Å²) in [5.41, 5.74) is 5.11. The Morgan fingerprint density at radius 1 is 0.967 bits per heavy atom. The second-order valence-electron chi connectivity index (χ2n) is 6.73. The average molecular weight is 536 g/mol. The number of rotatable bonds is 6. The number of benzene rings is 3. The van der Waals surface area contributed by atoms with Gasteiger partial charge in [-0.25, -0.2) is 0 Å². The molecule has 0 aliphatic rings. The molecule has 0 unspecified atom stereocenters. The second-order valence-corrected chi connectivity index (χ2v) is 8.43. The molecule has 0 aromatic heterocycles. The molecule has 0 bridgehead atoms. The van der Waals surface area contributed by atoms with Crippen LogP contribution in [0.5, 0.6) is 11.5 Å². The summed E-state index contributed by atoms with van der Waals surface area (Å²) >= 11 is 6.96. The van der Waals surface area contributed by atoms with Gasteiger partial charge in [-0.2, -0.15) is 0 Å². The van der Waals surface area contributed by atoms with Crippen LogP contribution < -0.4 is 20.3 Å². The van der Waals surface area contributed by atoms with E-state index in [-0.39, 0.29) is 12.7 Å². The summed E-state index contributed by atoms with van der Waals surface area (Å²) in [6.07, 6.45) is 0.0495. The first-order valence-corrected chi connectivity index (χ1v) is 10.8. The molecule has 3 rings (SSSR count). The van der Waals surface area contributed by atoms with Crippen molar-refractivity contribution < 1.29 is 19.1 Å². The highest BCUT2D eigenvalue weighted by Crippen LogP contribution is 2.34. The Labute approximate surface area is 191 Å². The van der Waals surface area contributed by atoms with Crippen LogP contribution in [-0.2, 0) is 4.79 Å². The monoisotopic (exact) mass is 534 g/mol. The van der Waals surface area contributed by atoms with Gasteiger partial charge < -0.3 is 9.47 Å². The number of hydrazine groups is 1. The molecule has 0 saturated carbocycles. The average Bonchev–Trinajstić information content (AvgIpc) is 2.71. The smallest absolute Gasteiger partial charge is 0.276 e. The third-order valence-corrected chi connectivity index (χ3v) is 5.35. The minimum Gasteiger partial charge on any atom is -0.491 e. The Morgan fingerprint density at radius 3 is 2.40 bits per heavy atom. The van der Waals surface area contributed by atoms with Crippen LogP contribution in [0.4, 0.5) is 0 Å². The van der Waals surface area contributed by atoms with Crippen LogP contribution in [0.1, 0.15) is 24.2 Å². The fraction of sp³-hybridized carbons (Fsp3) is 0.182. The van der Waals surface area contributed by atoms with E-state index in [2.05, 4.69) is 42.7 Å². The predicted molar refractivity (Wildman–Crippen MR) is 123 cm³/mol. The van der Waals surface area contributed by atoms with E-state index >= 15 is 0 Å². The van der Waals surface area contributed by atoms with Crippen LogP contribution in [0.25, 0.3) is 10.8 Å². The van der Waals surface area contributed by atoms with Crippen molar-refractivity contribution >= 4 is 54.4 Å². The number of hydrogen-bond acceptors (Lipinski definition) is 4. The number of nitrogens with one attached hydrogen (secondary N) is 2. The molecule has 2 amide bonds. The maximum atomic E-state index is 12.2. The van der Waals surface area contributed by atoms with Gasteiger partial charge in [-0.1, -0.05) is 28.1 Å². The molecule has 0 heterocycles. The summed E-state index contributed by atoms with van der Waals surface area (Å²) in [5.74, 6) is 0.294. The Kier molecular flexibility index (Phi) is 7.33. The molecule has 0 fully saturated rings. The van der Waals surface area contributed by atoms with Crippen molar-refractivity contribution in [3.8, 4) is 11.5 Å². The first kappa shape index (κ1) is 22.1. The molecule has 30 heavy (non-hydrogen) atoms. The Bertz CT molecular complexity index is 1070. The lowest BCUT2D eigenvalue weighted by Gasteiger charge is -2.12. The molecular formula is C22H20Br2N2O4. The molecule has 0 saturated heterocycles. The fourth-order valence-electron chi connectivity index (χ4n) is 2.69. The van der Waals surface area contributed by atoms with E-state index in [1.807, 2.05) is 38.1 Å². The van der Waals surface area contributed by atoms with Crippen molar-refractivity contribution in [2.75, 3.05) is 6.61 Å². The van der Waals surface area contributed by atoms with Crippen molar-refractivity contribution in [1.82, 2.24) is 10.9 Å². The van der Waals surface area contributed by atoms with Gasteiger partial charge in [0, 0.05) is 10.0 Å². The first-order valence-electron chi connectivity index (χ1n) is 9.20. The van der Waals surface area contributed by atoms with Crippen LogP contribution in [0.2, 0.25) is 0 Å². The number of carbonyl (C=O) groups excluding carboxylic acids is 2. The first-order chi connectivity index (χ1) is 14.3. The highest BCUT2D eigenvalue weighted by atomic mass is 79.9. The van der Waals surface area contributed by atoms with E-state index in [1.165, 1.54) is 0 Å². The van der Waals surface area contributed by atoms with Crippen molar-refractivity contribution in [3.63, 3.8) is 0 Å². The zero-order chi connectivity index (χ0) is 21.7. The number of hydrogen-bond donors (Lipinski definition) is 2. The van der Waals surface area contributed by atoms with Crippen LogP contribution in [0.15, 0.2) is 63.5 Å². The van der Waals surface area contributed by atoms with Crippen molar-refractivity contribution in [2.45, 2.75) is 20.0 Å². The molecule has 2 N–H and O–H groups in total. The van der Waals surface area contributed by atoms with Gasteiger partial charge in [0.1, 0.15) is 11.5 Å². The molecule has 0 aliphatic carbocycles. The van der Waals surface area contributed by atoms with Crippen LogP contribution in [-0.4, -0.2) is 24.5 Å². The molecule has 0 aliphatic heterocycles. The van der Waals surface area contributed by atoms with Crippen LogP contribution in [0.3, 0.4) is 0 Å². The van der Waals surface area contributed by atoms with Gasteiger partial charge in [-0.15, -0.1) is 0 Å². The quantitative estimate of drug-likeness (QED) is 0.436. The van der Waals surface area contributed by atoms with E-state index in [0.717, 1.165) is 19.7 Å². The number of fused-ring (bicyclic) bond motifs is 1. The summed E-state index contributed by atoms with van der Waals surface area (Å²) < 4.78 is 12.9. The van der Waals surface area contributed by atoms with Gasteiger partial charge in [0.2, 0.25) is 0 Å². The standard InChI is InChI=1S/C22H20Br2N2O4/c1-13(2)30-17-7-3-14(4-8-17)22(28)26-25-20(27)12-29-19-10-5-15-11-16(23)6-9-18(15)21(19)24/h3-11,13H,12H2,1-2H3,(H,25,27)(H,26,28). The fourth-order valence-corrected chi connectivity index (χ4v) is 3.68. The van der Waals surface area contributed by atoms with Gasteiger partial charge in [0.15, 0.2) is 6.61 Å². The topological polar surface area (TPSA) is 76.7 Å². The SMILES string of the molecule is CC(C)Oc1ccc(C(=O)NNC(=O)COc2ccc3cc(Br)ccc3c2Br)cc1. The van der Waals surface area contributed by atoms with Crippen LogP contribution in [0, 0.1) is 0 Å². The molecule has 3 aromatic rings. The number of carbonyl (C=O) groups is 2. The third kappa shape index (κ3) is 5.73. The van der Waals surface area contributed by atoms with Gasteiger partial charge >= 0.3 is 0 Å². The van der Waals surface area contributed by atoms with Gasteiger partial charge in [0.05, 0.1) is 10.6 Å². The van der Waals surface area contributed by atoms with Crippen molar-refractivity contribution in [1.29, 1.82) is 0 Å². The highest BCUT2D eigenvalue weighted by molar-refractivity contribution is 9.11. The van der Waals surface area contributed by atoms with E-state index in [0.29, 0.717) is 17.1 Å². The van der Waals surface area contributed by atoms with E-state index < -0.39 is 11.8 Å². The van der Waals surface area contributed by atoms with E-state index in [4.69, 9.17) is 9.47 Å². The largest absolute Gasteiger partial charge is 0.491 e. The maximum absolute atomic E-state index is 12.2. The summed E-state index contributed by atoms with van der Waals surface area (Å²) in [6, 6.07) is 16.2. The Hall–Kier alpha value is -2.58. The Balaban J connectivity index is 1.52. The predicted octanol–water partition coefficient (Wildman–Crippen LogP) is 4.99. The number of ether oxygens (including phenoxy) is 2. The Morgan fingerprint density at radius 2 is 1.70 bits per heavy atom. The van der Waals surface area contributed by atoms with Gasteiger partial charge in [-0.05, 0) is 83.0 Å².